The van der Waals surface area contributed by atoms with Crippen LogP contribution in [0.2, 0.25) is 0 Å². The van der Waals surface area contributed by atoms with E-state index in [-0.39, 0.29) is 5.69 Å². The quantitative estimate of drug-likeness (QED) is 0.870. The van der Waals surface area contributed by atoms with Gasteiger partial charge in [0.1, 0.15) is 5.82 Å². The minimum Gasteiger partial charge on any atom is -0.396 e. The number of nitrogens with two attached hydrogens (primary N) is 1. The molecule has 2 aromatic rings. The maximum Gasteiger partial charge on any atom is 0.182 e. The van der Waals surface area contributed by atoms with E-state index in [9.17, 15) is 4.39 Å². The second kappa shape index (κ2) is 4.54. The number of hydrogen-bond donors (Lipinski definition) is 1. The van der Waals surface area contributed by atoms with Gasteiger partial charge in [0.2, 0.25) is 0 Å². The highest BCUT2D eigenvalue weighted by Crippen LogP contribution is 2.53. The number of aromatic nitrogens is 4. The largest absolute Gasteiger partial charge is 0.396 e. The zero-order valence-corrected chi connectivity index (χ0v) is 11.7. The van der Waals surface area contributed by atoms with E-state index in [2.05, 4.69) is 29.4 Å². The van der Waals surface area contributed by atoms with Crippen molar-refractivity contribution in [3.8, 4) is 11.4 Å². The predicted molar refractivity (Wildman–Crippen MR) is 74.1 cm³/mol. The van der Waals surface area contributed by atoms with E-state index in [0.717, 1.165) is 12.1 Å². The third-order valence-electron chi connectivity index (χ3n) is 4.37. The zero-order valence-electron chi connectivity index (χ0n) is 11.7. The molecule has 20 heavy (non-hydrogen) atoms. The molecular weight excluding hydrogens is 257 g/mol. The van der Waals surface area contributed by atoms with E-state index >= 15 is 0 Å². The number of nitrogen functional groups attached to an aromatic ring is 1. The molecule has 0 radical (unpaired) electrons. The molecule has 0 saturated heterocycles. The Balaban J connectivity index is 1.92. The van der Waals surface area contributed by atoms with Gasteiger partial charge in [-0.25, -0.2) is 9.07 Å². The van der Waals surface area contributed by atoms with Crippen molar-refractivity contribution < 1.29 is 4.39 Å². The normalized spacial score (nSPS) is 16.6. The molecule has 0 atom stereocenters. The summed E-state index contributed by atoms with van der Waals surface area (Å²) in [4.78, 5) is 0. The second-order valence-corrected chi connectivity index (χ2v) is 5.91. The molecule has 1 aliphatic rings. The predicted octanol–water partition coefficient (Wildman–Crippen LogP) is 2.50. The summed E-state index contributed by atoms with van der Waals surface area (Å²) in [6, 6.07) is 4.58. The lowest BCUT2D eigenvalue weighted by Gasteiger charge is -2.19. The molecule has 6 heteroatoms. The standard InChI is InChI=1S/C14H18FN5/c1-9(2)14(5-6-14)8-20-13(17-18-19-20)10-3-4-11(15)12(16)7-10/h3-4,7,9H,5-6,8,16H2,1-2H3. The van der Waals surface area contributed by atoms with Gasteiger partial charge in [-0.05, 0) is 52.8 Å². The Labute approximate surface area is 117 Å². The third-order valence-corrected chi connectivity index (χ3v) is 4.37. The van der Waals surface area contributed by atoms with Crippen molar-refractivity contribution in [1.82, 2.24) is 20.2 Å². The van der Waals surface area contributed by atoms with Crippen LogP contribution in [0.1, 0.15) is 26.7 Å². The summed E-state index contributed by atoms with van der Waals surface area (Å²) in [5.74, 6) is 0.815. The highest BCUT2D eigenvalue weighted by Gasteiger charge is 2.46. The van der Waals surface area contributed by atoms with Crippen LogP contribution in [-0.2, 0) is 6.54 Å². The Morgan fingerprint density at radius 1 is 1.40 bits per heavy atom. The van der Waals surface area contributed by atoms with Gasteiger partial charge < -0.3 is 5.73 Å². The molecule has 0 bridgehead atoms. The van der Waals surface area contributed by atoms with Gasteiger partial charge in [0, 0.05) is 5.56 Å². The smallest absolute Gasteiger partial charge is 0.182 e. The fourth-order valence-electron chi connectivity index (χ4n) is 2.58. The third kappa shape index (κ3) is 2.15. The van der Waals surface area contributed by atoms with Gasteiger partial charge in [0.05, 0.1) is 12.2 Å². The Morgan fingerprint density at radius 2 is 2.15 bits per heavy atom. The summed E-state index contributed by atoms with van der Waals surface area (Å²) in [5, 5.41) is 11.9. The van der Waals surface area contributed by atoms with E-state index < -0.39 is 5.82 Å². The van der Waals surface area contributed by atoms with Crippen molar-refractivity contribution >= 4 is 5.69 Å². The Bertz CT molecular complexity index is 630. The van der Waals surface area contributed by atoms with Crippen LogP contribution >= 0.6 is 0 Å². The molecule has 0 aliphatic heterocycles. The number of tetrazole rings is 1. The average molecular weight is 275 g/mol. The van der Waals surface area contributed by atoms with E-state index in [0.29, 0.717) is 17.2 Å². The van der Waals surface area contributed by atoms with Gasteiger partial charge in [-0.15, -0.1) is 5.10 Å². The summed E-state index contributed by atoms with van der Waals surface area (Å²) in [5.41, 5.74) is 6.77. The second-order valence-electron chi connectivity index (χ2n) is 5.91. The molecule has 0 spiro atoms. The molecule has 1 saturated carbocycles. The Morgan fingerprint density at radius 3 is 2.75 bits per heavy atom. The van der Waals surface area contributed by atoms with E-state index in [1.54, 1.807) is 16.8 Å². The number of benzene rings is 1. The van der Waals surface area contributed by atoms with Gasteiger partial charge in [-0.3, -0.25) is 0 Å². The summed E-state index contributed by atoms with van der Waals surface area (Å²) >= 11 is 0. The number of anilines is 1. The fraction of sp³-hybridized carbons (Fsp3) is 0.500. The lowest BCUT2D eigenvalue weighted by atomic mass is 9.92. The molecule has 5 nitrogen and oxygen atoms in total. The molecule has 1 aromatic carbocycles. The average Bonchev–Trinajstić information content (AvgIpc) is 3.05. The number of rotatable bonds is 4. The van der Waals surface area contributed by atoms with Crippen LogP contribution in [0.4, 0.5) is 10.1 Å². The van der Waals surface area contributed by atoms with Crippen molar-refractivity contribution in [2.24, 2.45) is 11.3 Å². The Kier molecular flexibility index (Phi) is 2.96. The SMILES string of the molecule is CC(C)C1(Cn2nnnc2-c2ccc(F)c(N)c2)CC1. The van der Waals surface area contributed by atoms with E-state index in [1.807, 2.05) is 0 Å². The van der Waals surface area contributed by atoms with Crippen molar-refractivity contribution in [1.29, 1.82) is 0 Å². The van der Waals surface area contributed by atoms with Crippen molar-refractivity contribution in [3.05, 3.63) is 24.0 Å². The van der Waals surface area contributed by atoms with Gasteiger partial charge in [-0.1, -0.05) is 13.8 Å². The van der Waals surface area contributed by atoms with E-state index in [1.165, 1.54) is 18.9 Å². The van der Waals surface area contributed by atoms with Crippen LogP contribution in [-0.4, -0.2) is 20.2 Å². The molecule has 2 N–H and O–H groups in total. The van der Waals surface area contributed by atoms with Crippen molar-refractivity contribution in [2.45, 2.75) is 33.2 Å². The molecule has 1 heterocycles. The first-order chi connectivity index (χ1) is 9.52. The summed E-state index contributed by atoms with van der Waals surface area (Å²) in [7, 11) is 0. The van der Waals surface area contributed by atoms with Crippen molar-refractivity contribution in [3.63, 3.8) is 0 Å². The molecule has 3 rings (SSSR count). The molecule has 106 valence electrons. The monoisotopic (exact) mass is 275 g/mol. The molecule has 1 aromatic heterocycles. The Hall–Kier alpha value is -1.98. The first-order valence-electron chi connectivity index (χ1n) is 6.83. The van der Waals surface area contributed by atoms with Gasteiger partial charge in [0.25, 0.3) is 0 Å². The minimum absolute atomic E-state index is 0.113. The van der Waals surface area contributed by atoms with Gasteiger partial charge in [0.15, 0.2) is 5.82 Å². The molecular formula is C14H18FN5. The maximum absolute atomic E-state index is 13.2. The lowest BCUT2D eigenvalue weighted by Crippen LogP contribution is -2.19. The fourth-order valence-corrected chi connectivity index (χ4v) is 2.58. The van der Waals surface area contributed by atoms with Gasteiger partial charge in [-0.2, -0.15) is 0 Å². The van der Waals surface area contributed by atoms with Crippen LogP contribution in [0.15, 0.2) is 18.2 Å². The molecule has 1 aliphatic carbocycles. The highest BCUT2D eigenvalue weighted by molar-refractivity contribution is 5.61. The topological polar surface area (TPSA) is 69.6 Å². The lowest BCUT2D eigenvalue weighted by molar-refractivity contribution is 0.294. The summed E-state index contributed by atoms with van der Waals surface area (Å²) in [6.07, 6.45) is 2.41. The summed E-state index contributed by atoms with van der Waals surface area (Å²) in [6.45, 7) is 5.25. The summed E-state index contributed by atoms with van der Waals surface area (Å²) < 4.78 is 15.0. The highest BCUT2D eigenvalue weighted by atomic mass is 19.1. The number of halogens is 1. The first kappa shape index (κ1) is 13.0. The van der Waals surface area contributed by atoms with Crippen LogP contribution in [0.3, 0.4) is 0 Å². The maximum atomic E-state index is 13.2. The molecule has 1 fully saturated rings. The van der Waals surface area contributed by atoms with Gasteiger partial charge >= 0.3 is 0 Å². The number of nitrogens with zero attached hydrogens (tertiary/aromatic N) is 4. The molecule has 0 unspecified atom stereocenters. The van der Waals surface area contributed by atoms with E-state index in [4.69, 9.17) is 5.73 Å². The van der Waals surface area contributed by atoms with Crippen LogP contribution in [0.25, 0.3) is 11.4 Å². The molecule has 0 amide bonds. The van der Waals surface area contributed by atoms with Crippen LogP contribution < -0.4 is 5.73 Å². The first-order valence-corrected chi connectivity index (χ1v) is 6.83. The van der Waals surface area contributed by atoms with Crippen LogP contribution in [0, 0.1) is 17.2 Å². The minimum atomic E-state index is -0.423. The van der Waals surface area contributed by atoms with Crippen molar-refractivity contribution in [2.75, 3.05) is 5.73 Å². The van der Waals surface area contributed by atoms with Crippen LogP contribution in [0.5, 0.6) is 0 Å². The number of hydrogen-bond acceptors (Lipinski definition) is 4. The zero-order chi connectivity index (χ0) is 14.3.